The number of para-hydroxylation sites is 1. The van der Waals surface area contributed by atoms with Crippen molar-refractivity contribution in [3.8, 4) is 5.75 Å². The van der Waals surface area contributed by atoms with Gasteiger partial charge in [-0.05, 0) is 92.6 Å². The number of fused-ring (bicyclic) bond motifs is 3. The summed E-state index contributed by atoms with van der Waals surface area (Å²) in [4.78, 5) is 12.7. The highest BCUT2D eigenvalue weighted by molar-refractivity contribution is 7.92. The predicted molar refractivity (Wildman–Crippen MR) is 152 cm³/mol. The standard InChI is InChI=1S/C30H29N3O4S/c1-4-33-28-8-6-5-7-26(28)27-18-22(9-14-29(27)33)31-30(34)19-37-24-10-12-25(13-11-24)38(35,36)32-23-16-20(2)15-21(3)17-23/h5-18,32H,4,19H2,1-3H3,(H,31,34). The Labute approximate surface area is 222 Å². The Morgan fingerprint density at radius 1 is 0.816 bits per heavy atom. The minimum absolute atomic E-state index is 0.105. The summed E-state index contributed by atoms with van der Waals surface area (Å²) in [5.74, 6) is 0.0868. The lowest BCUT2D eigenvalue weighted by molar-refractivity contribution is -0.118. The quantitative estimate of drug-likeness (QED) is 0.250. The third-order valence-electron chi connectivity index (χ3n) is 6.35. The summed E-state index contributed by atoms with van der Waals surface area (Å²) in [5.41, 5.74) is 5.41. The van der Waals surface area contributed by atoms with Crippen LogP contribution in [0.2, 0.25) is 0 Å². The van der Waals surface area contributed by atoms with E-state index in [0.29, 0.717) is 17.1 Å². The van der Waals surface area contributed by atoms with Crippen LogP contribution in [0.25, 0.3) is 21.8 Å². The highest BCUT2D eigenvalue weighted by Crippen LogP contribution is 2.31. The van der Waals surface area contributed by atoms with Crippen molar-refractivity contribution in [1.82, 2.24) is 4.57 Å². The molecule has 4 aromatic carbocycles. The molecular weight excluding hydrogens is 498 g/mol. The molecule has 2 N–H and O–H groups in total. The summed E-state index contributed by atoms with van der Waals surface area (Å²) in [6.45, 7) is 6.59. The average molecular weight is 528 g/mol. The molecule has 0 atom stereocenters. The summed E-state index contributed by atoms with van der Waals surface area (Å²) in [5, 5.41) is 5.10. The Balaban J connectivity index is 1.23. The Morgan fingerprint density at radius 2 is 1.50 bits per heavy atom. The van der Waals surface area contributed by atoms with Crippen molar-refractivity contribution < 1.29 is 17.9 Å². The molecule has 0 fully saturated rings. The Bertz CT molecular complexity index is 1740. The Kier molecular flexibility index (Phi) is 6.82. The van der Waals surface area contributed by atoms with E-state index in [9.17, 15) is 13.2 Å². The number of rotatable bonds is 8. The van der Waals surface area contributed by atoms with Gasteiger partial charge in [-0.2, -0.15) is 0 Å². The molecule has 0 saturated heterocycles. The topological polar surface area (TPSA) is 89.4 Å². The summed E-state index contributed by atoms with van der Waals surface area (Å²) in [6, 6.07) is 25.6. The molecule has 194 valence electrons. The molecule has 0 aliphatic rings. The summed E-state index contributed by atoms with van der Waals surface area (Å²) < 4.78 is 36.0. The lowest BCUT2D eigenvalue weighted by Crippen LogP contribution is -2.20. The number of aromatic nitrogens is 1. The van der Waals surface area contributed by atoms with Gasteiger partial charge in [-0.3, -0.25) is 9.52 Å². The minimum atomic E-state index is -3.76. The highest BCUT2D eigenvalue weighted by atomic mass is 32.2. The summed E-state index contributed by atoms with van der Waals surface area (Å²) in [7, 11) is -3.76. The number of sulfonamides is 1. The van der Waals surface area contributed by atoms with Crippen LogP contribution in [0, 0.1) is 13.8 Å². The molecule has 7 nitrogen and oxygen atoms in total. The molecule has 8 heteroatoms. The number of carbonyl (C=O) groups is 1. The molecule has 1 aromatic heterocycles. The van der Waals surface area contributed by atoms with E-state index in [2.05, 4.69) is 33.7 Å². The van der Waals surface area contributed by atoms with Crippen LogP contribution in [0.1, 0.15) is 18.1 Å². The molecule has 1 amide bonds. The van der Waals surface area contributed by atoms with Crippen molar-refractivity contribution in [3.63, 3.8) is 0 Å². The van der Waals surface area contributed by atoms with Gasteiger partial charge in [0.05, 0.1) is 4.90 Å². The van der Waals surface area contributed by atoms with Gasteiger partial charge in [-0.15, -0.1) is 0 Å². The molecule has 5 rings (SSSR count). The largest absolute Gasteiger partial charge is 0.484 e. The van der Waals surface area contributed by atoms with Crippen LogP contribution >= 0.6 is 0 Å². The normalized spacial score (nSPS) is 11.6. The molecule has 0 saturated carbocycles. The van der Waals surface area contributed by atoms with E-state index in [1.165, 1.54) is 24.3 Å². The van der Waals surface area contributed by atoms with E-state index in [-0.39, 0.29) is 17.4 Å². The van der Waals surface area contributed by atoms with Crippen LogP contribution in [-0.2, 0) is 21.4 Å². The van der Waals surface area contributed by atoms with Gasteiger partial charge in [-0.25, -0.2) is 8.42 Å². The molecule has 0 bridgehead atoms. The number of benzene rings is 4. The predicted octanol–water partition coefficient (Wildman–Crippen LogP) is 6.25. The summed E-state index contributed by atoms with van der Waals surface area (Å²) in [6.07, 6.45) is 0. The SMILES string of the molecule is CCn1c2ccccc2c2cc(NC(=O)COc3ccc(S(=O)(=O)Nc4cc(C)cc(C)c4)cc3)ccc21. The van der Waals surface area contributed by atoms with Gasteiger partial charge in [0.2, 0.25) is 0 Å². The van der Waals surface area contributed by atoms with Gasteiger partial charge in [-0.1, -0.05) is 24.3 Å². The first kappa shape index (κ1) is 25.4. The van der Waals surface area contributed by atoms with Crippen LogP contribution in [-0.4, -0.2) is 25.5 Å². The van der Waals surface area contributed by atoms with Crippen molar-refractivity contribution in [3.05, 3.63) is 96.1 Å². The van der Waals surface area contributed by atoms with Gasteiger partial charge in [0.15, 0.2) is 6.61 Å². The molecule has 0 radical (unpaired) electrons. The fourth-order valence-electron chi connectivity index (χ4n) is 4.78. The lowest BCUT2D eigenvalue weighted by atomic mass is 10.1. The maximum absolute atomic E-state index is 12.8. The maximum atomic E-state index is 12.8. The summed E-state index contributed by atoms with van der Waals surface area (Å²) >= 11 is 0. The first-order valence-electron chi connectivity index (χ1n) is 12.4. The second kappa shape index (κ2) is 10.2. The fraction of sp³-hybridized carbons (Fsp3) is 0.167. The number of nitrogens with zero attached hydrogens (tertiary/aromatic N) is 1. The van der Waals surface area contributed by atoms with Crippen LogP contribution in [0.3, 0.4) is 0 Å². The number of hydrogen-bond donors (Lipinski definition) is 2. The van der Waals surface area contributed by atoms with Gasteiger partial charge < -0.3 is 14.6 Å². The maximum Gasteiger partial charge on any atom is 0.262 e. The van der Waals surface area contributed by atoms with E-state index in [1.807, 2.05) is 50.2 Å². The minimum Gasteiger partial charge on any atom is -0.484 e. The second-order valence-electron chi connectivity index (χ2n) is 9.28. The zero-order chi connectivity index (χ0) is 26.9. The van der Waals surface area contributed by atoms with E-state index < -0.39 is 10.0 Å². The molecule has 5 aromatic rings. The third-order valence-corrected chi connectivity index (χ3v) is 7.75. The number of hydrogen-bond acceptors (Lipinski definition) is 4. The zero-order valence-corrected chi connectivity index (χ0v) is 22.3. The number of amides is 1. The number of ether oxygens (including phenoxy) is 1. The van der Waals surface area contributed by atoms with Crippen molar-refractivity contribution >= 4 is 49.1 Å². The Morgan fingerprint density at radius 3 is 2.21 bits per heavy atom. The number of carbonyl (C=O) groups excluding carboxylic acids is 1. The van der Waals surface area contributed by atoms with Crippen LogP contribution in [0.5, 0.6) is 5.75 Å². The van der Waals surface area contributed by atoms with Crippen LogP contribution in [0.4, 0.5) is 11.4 Å². The average Bonchev–Trinajstić information content (AvgIpc) is 3.20. The van der Waals surface area contributed by atoms with Gasteiger partial charge >= 0.3 is 0 Å². The van der Waals surface area contributed by atoms with Crippen molar-refractivity contribution in [2.75, 3.05) is 16.6 Å². The van der Waals surface area contributed by atoms with Crippen molar-refractivity contribution in [2.24, 2.45) is 0 Å². The van der Waals surface area contributed by atoms with Crippen LogP contribution < -0.4 is 14.8 Å². The molecule has 1 heterocycles. The molecule has 0 unspecified atom stereocenters. The second-order valence-corrected chi connectivity index (χ2v) is 11.0. The number of aryl methyl sites for hydroxylation is 3. The number of nitrogens with one attached hydrogen (secondary N) is 2. The molecule has 38 heavy (non-hydrogen) atoms. The van der Waals surface area contributed by atoms with E-state index in [1.54, 1.807) is 12.1 Å². The monoisotopic (exact) mass is 527 g/mol. The van der Waals surface area contributed by atoms with E-state index >= 15 is 0 Å². The molecular formula is C30H29N3O4S. The van der Waals surface area contributed by atoms with Gasteiger partial charge in [0.25, 0.3) is 15.9 Å². The first-order valence-corrected chi connectivity index (χ1v) is 13.9. The zero-order valence-electron chi connectivity index (χ0n) is 21.5. The molecule has 0 spiro atoms. The number of anilines is 2. The highest BCUT2D eigenvalue weighted by Gasteiger charge is 2.15. The first-order chi connectivity index (χ1) is 18.2. The van der Waals surface area contributed by atoms with E-state index in [0.717, 1.165) is 39.5 Å². The molecule has 0 aliphatic carbocycles. The van der Waals surface area contributed by atoms with Gasteiger partial charge in [0, 0.05) is 39.7 Å². The van der Waals surface area contributed by atoms with E-state index in [4.69, 9.17) is 4.74 Å². The smallest absolute Gasteiger partial charge is 0.262 e. The lowest BCUT2D eigenvalue weighted by Gasteiger charge is -2.11. The van der Waals surface area contributed by atoms with Crippen molar-refractivity contribution in [1.29, 1.82) is 0 Å². The van der Waals surface area contributed by atoms with Gasteiger partial charge in [0.1, 0.15) is 5.75 Å². The fourth-order valence-corrected chi connectivity index (χ4v) is 5.82. The third kappa shape index (κ3) is 5.21. The van der Waals surface area contributed by atoms with Crippen molar-refractivity contribution in [2.45, 2.75) is 32.2 Å². The molecule has 0 aliphatic heterocycles. The van der Waals surface area contributed by atoms with Crippen LogP contribution in [0.15, 0.2) is 89.8 Å². The Hall–Kier alpha value is -4.30.